The van der Waals surface area contributed by atoms with Gasteiger partial charge in [0, 0.05) is 5.02 Å². The lowest BCUT2D eigenvalue weighted by Gasteiger charge is -1.98. The van der Waals surface area contributed by atoms with Gasteiger partial charge in [0.05, 0.1) is 16.0 Å². The number of nitrogens with zero attached hydrogens (tertiary/aromatic N) is 2. The van der Waals surface area contributed by atoms with Gasteiger partial charge in [0.1, 0.15) is 5.52 Å². The molecule has 0 spiro atoms. The van der Waals surface area contributed by atoms with Gasteiger partial charge in [0.25, 0.3) is 5.22 Å². The van der Waals surface area contributed by atoms with Crippen LogP contribution in [-0.2, 0) is 4.79 Å². The fourth-order valence-corrected chi connectivity index (χ4v) is 4.09. The third kappa shape index (κ3) is 3.63. The highest BCUT2D eigenvalue weighted by atomic mass is 35.5. The lowest BCUT2D eigenvalue weighted by molar-refractivity contribution is -0.113. The van der Waals surface area contributed by atoms with Gasteiger partial charge in [0.15, 0.2) is 10.7 Å². The van der Waals surface area contributed by atoms with Crippen LogP contribution >= 0.6 is 34.7 Å². The van der Waals surface area contributed by atoms with Crippen molar-refractivity contribution in [3.05, 3.63) is 47.0 Å². The number of thioether (sulfide) groups is 1. The third-order valence-corrected chi connectivity index (χ3v) is 5.44. The molecule has 0 bridgehead atoms. The van der Waals surface area contributed by atoms with Crippen LogP contribution in [-0.4, -0.2) is 21.6 Å². The number of hydrogen-bond acceptors (Lipinski definition) is 6. The molecule has 25 heavy (non-hydrogen) atoms. The van der Waals surface area contributed by atoms with Gasteiger partial charge in [-0.05, 0) is 42.8 Å². The van der Waals surface area contributed by atoms with E-state index in [4.69, 9.17) is 16.0 Å². The summed E-state index contributed by atoms with van der Waals surface area (Å²) in [5.41, 5.74) is 3.38. The number of fused-ring (bicyclic) bond motifs is 2. The minimum absolute atomic E-state index is 0.152. The van der Waals surface area contributed by atoms with E-state index in [1.165, 1.54) is 28.7 Å². The Morgan fingerprint density at radius 1 is 1.24 bits per heavy atom. The normalized spacial score (nSPS) is 11.3. The summed E-state index contributed by atoms with van der Waals surface area (Å²) in [4.78, 5) is 20.9. The van der Waals surface area contributed by atoms with Crippen molar-refractivity contribution in [2.45, 2.75) is 12.1 Å². The summed E-state index contributed by atoms with van der Waals surface area (Å²) in [6.45, 7) is 2.03. The zero-order chi connectivity index (χ0) is 17.4. The second-order valence-electron chi connectivity index (χ2n) is 5.42. The van der Waals surface area contributed by atoms with Gasteiger partial charge in [-0.3, -0.25) is 4.79 Å². The summed E-state index contributed by atoms with van der Waals surface area (Å²) in [5.74, 6) is 0.0382. The van der Waals surface area contributed by atoms with Crippen LogP contribution in [0.3, 0.4) is 0 Å². The van der Waals surface area contributed by atoms with Gasteiger partial charge in [-0.15, -0.1) is 0 Å². The molecule has 0 fully saturated rings. The summed E-state index contributed by atoms with van der Waals surface area (Å²) in [7, 11) is 0. The SMILES string of the molecule is Cc1ccc2nc(NC(=O)CSc3nc4cc(Cl)ccc4o3)sc2c1. The molecule has 0 aliphatic heterocycles. The van der Waals surface area contributed by atoms with E-state index < -0.39 is 0 Å². The first-order chi connectivity index (χ1) is 12.1. The molecule has 2 aromatic carbocycles. The minimum atomic E-state index is -0.152. The predicted molar refractivity (Wildman–Crippen MR) is 103 cm³/mol. The summed E-state index contributed by atoms with van der Waals surface area (Å²) >= 11 is 8.62. The lowest BCUT2D eigenvalue weighted by atomic mass is 10.2. The molecule has 0 aliphatic rings. The molecule has 126 valence electrons. The highest BCUT2D eigenvalue weighted by molar-refractivity contribution is 7.99. The molecule has 0 saturated carbocycles. The summed E-state index contributed by atoms with van der Waals surface area (Å²) in [5, 5.41) is 4.45. The number of carbonyl (C=O) groups excluding carboxylic acids is 1. The van der Waals surface area contributed by atoms with Crippen LogP contribution in [0, 0.1) is 6.92 Å². The van der Waals surface area contributed by atoms with E-state index in [1.807, 2.05) is 19.1 Å². The van der Waals surface area contributed by atoms with Gasteiger partial charge in [-0.2, -0.15) is 0 Å². The molecular weight excluding hydrogens is 378 g/mol. The van der Waals surface area contributed by atoms with Crippen LogP contribution in [0.25, 0.3) is 21.3 Å². The van der Waals surface area contributed by atoms with E-state index in [-0.39, 0.29) is 11.7 Å². The van der Waals surface area contributed by atoms with E-state index in [9.17, 15) is 4.79 Å². The summed E-state index contributed by atoms with van der Waals surface area (Å²) in [6, 6.07) is 11.2. The van der Waals surface area contributed by atoms with Crippen molar-refractivity contribution in [3.63, 3.8) is 0 Å². The van der Waals surface area contributed by atoms with Crippen molar-refractivity contribution < 1.29 is 9.21 Å². The number of carbonyl (C=O) groups is 1. The molecule has 0 saturated heterocycles. The topological polar surface area (TPSA) is 68.0 Å². The van der Waals surface area contributed by atoms with E-state index in [2.05, 4.69) is 21.4 Å². The van der Waals surface area contributed by atoms with Gasteiger partial charge < -0.3 is 9.73 Å². The van der Waals surface area contributed by atoms with Gasteiger partial charge in [-0.1, -0.05) is 40.8 Å². The number of thiazole rings is 1. The molecule has 5 nitrogen and oxygen atoms in total. The molecule has 2 aromatic heterocycles. The number of rotatable bonds is 4. The third-order valence-electron chi connectivity index (χ3n) is 3.45. The monoisotopic (exact) mass is 389 g/mol. The summed E-state index contributed by atoms with van der Waals surface area (Å²) < 4.78 is 6.64. The molecule has 4 rings (SSSR count). The maximum Gasteiger partial charge on any atom is 0.257 e. The molecule has 4 aromatic rings. The second kappa shape index (κ2) is 6.67. The van der Waals surface area contributed by atoms with Crippen LogP contribution in [0.5, 0.6) is 0 Å². The van der Waals surface area contributed by atoms with E-state index in [0.29, 0.717) is 26.5 Å². The number of halogens is 1. The van der Waals surface area contributed by atoms with Crippen LogP contribution in [0.2, 0.25) is 5.02 Å². The van der Waals surface area contributed by atoms with Crippen molar-refractivity contribution in [1.82, 2.24) is 9.97 Å². The van der Waals surface area contributed by atoms with Crippen LogP contribution in [0.4, 0.5) is 5.13 Å². The van der Waals surface area contributed by atoms with Gasteiger partial charge in [-0.25, -0.2) is 9.97 Å². The quantitative estimate of drug-likeness (QED) is 0.490. The average molecular weight is 390 g/mol. The molecule has 0 atom stereocenters. The molecule has 2 heterocycles. The number of hydrogen-bond donors (Lipinski definition) is 1. The maximum absolute atomic E-state index is 12.1. The fourth-order valence-electron chi connectivity index (χ4n) is 2.31. The molecule has 0 aliphatic carbocycles. The first-order valence-electron chi connectivity index (χ1n) is 7.43. The molecular formula is C17H12ClN3O2S2. The summed E-state index contributed by atoms with van der Waals surface area (Å²) in [6.07, 6.45) is 0. The predicted octanol–water partition coefficient (Wildman–Crippen LogP) is 5.13. The smallest absolute Gasteiger partial charge is 0.257 e. The van der Waals surface area contributed by atoms with E-state index in [0.717, 1.165) is 10.2 Å². The number of aromatic nitrogens is 2. The van der Waals surface area contributed by atoms with E-state index >= 15 is 0 Å². The standard InChI is InChI=1S/C17H12ClN3O2S2/c1-9-2-4-11-14(6-9)25-16(19-11)21-15(22)8-24-17-20-12-7-10(18)3-5-13(12)23-17/h2-7H,8H2,1H3,(H,19,21,22). The highest BCUT2D eigenvalue weighted by Gasteiger charge is 2.12. The first-order valence-corrected chi connectivity index (χ1v) is 9.61. The minimum Gasteiger partial charge on any atom is -0.431 e. The Kier molecular flexibility index (Phi) is 4.37. The number of nitrogens with one attached hydrogen (secondary N) is 1. The number of aryl methyl sites for hydroxylation is 1. The Balaban J connectivity index is 1.42. The number of amides is 1. The Morgan fingerprint density at radius 3 is 3.00 bits per heavy atom. The highest BCUT2D eigenvalue weighted by Crippen LogP contribution is 2.28. The van der Waals surface area contributed by atoms with Crippen molar-refractivity contribution in [2.24, 2.45) is 0 Å². The maximum atomic E-state index is 12.1. The van der Waals surface area contributed by atoms with Gasteiger partial charge >= 0.3 is 0 Å². The van der Waals surface area contributed by atoms with Crippen LogP contribution < -0.4 is 5.32 Å². The lowest BCUT2D eigenvalue weighted by Crippen LogP contribution is -2.13. The zero-order valence-electron chi connectivity index (χ0n) is 13.1. The Morgan fingerprint density at radius 2 is 2.12 bits per heavy atom. The first kappa shape index (κ1) is 16.4. The van der Waals surface area contributed by atoms with Crippen molar-refractivity contribution in [2.75, 3.05) is 11.1 Å². The number of benzene rings is 2. The molecule has 1 N–H and O–H groups in total. The molecule has 0 unspecified atom stereocenters. The van der Waals surface area contributed by atoms with Crippen molar-refractivity contribution in [3.8, 4) is 0 Å². The molecule has 1 amide bonds. The van der Waals surface area contributed by atoms with Crippen LogP contribution in [0.1, 0.15) is 5.56 Å². The number of anilines is 1. The Hall–Kier alpha value is -2.09. The second-order valence-corrected chi connectivity index (χ2v) is 7.81. The Labute approximate surface area is 156 Å². The van der Waals surface area contributed by atoms with E-state index in [1.54, 1.807) is 18.2 Å². The van der Waals surface area contributed by atoms with Crippen molar-refractivity contribution >= 4 is 67.1 Å². The van der Waals surface area contributed by atoms with Crippen LogP contribution in [0.15, 0.2) is 46.0 Å². The number of oxazole rings is 1. The Bertz CT molecular complexity index is 1090. The molecule has 8 heteroatoms. The van der Waals surface area contributed by atoms with Gasteiger partial charge in [0.2, 0.25) is 5.91 Å². The zero-order valence-corrected chi connectivity index (χ0v) is 15.5. The average Bonchev–Trinajstić information content (AvgIpc) is 3.14. The molecule has 0 radical (unpaired) electrons. The van der Waals surface area contributed by atoms with Crippen molar-refractivity contribution in [1.29, 1.82) is 0 Å². The fraction of sp³-hybridized carbons (Fsp3) is 0.118. The largest absolute Gasteiger partial charge is 0.431 e.